The van der Waals surface area contributed by atoms with Crippen LogP contribution in [0.4, 0.5) is 8.78 Å². The topological polar surface area (TPSA) is 0 Å². The van der Waals surface area contributed by atoms with Gasteiger partial charge in [0.25, 0.3) is 0 Å². The van der Waals surface area contributed by atoms with E-state index in [1.165, 1.54) is 0 Å². The highest BCUT2D eigenvalue weighted by molar-refractivity contribution is 6.20. The van der Waals surface area contributed by atoms with Crippen LogP contribution >= 0.6 is 11.6 Å². The quantitative estimate of drug-likeness (QED) is 0.612. The van der Waals surface area contributed by atoms with E-state index in [-0.39, 0.29) is 24.1 Å². The number of rotatable bonds is 3. The van der Waals surface area contributed by atoms with Gasteiger partial charge in [-0.3, -0.25) is 0 Å². The first-order valence-corrected chi connectivity index (χ1v) is 5.49. The zero-order valence-electron chi connectivity index (χ0n) is 8.03. The van der Waals surface area contributed by atoms with Crippen molar-refractivity contribution in [2.75, 3.05) is 0 Å². The molecule has 0 radical (unpaired) electrons. The molecule has 0 bridgehead atoms. The van der Waals surface area contributed by atoms with Gasteiger partial charge in [0.1, 0.15) is 0 Å². The summed E-state index contributed by atoms with van der Waals surface area (Å²) in [5, 5.41) is 0.0823. The molecule has 13 heavy (non-hydrogen) atoms. The maximum absolute atomic E-state index is 13.0. The van der Waals surface area contributed by atoms with Gasteiger partial charge in [-0.1, -0.05) is 6.92 Å². The molecule has 1 fully saturated rings. The van der Waals surface area contributed by atoms with Crippen LogP contribution in [0.25, 0.3) is 0 Å². The third-order valence-electron chi connectivity index (χ3n) is 2.77. The second kappa shape index (κ2) is 4.59. The van der Waals surface area contributed by atoms with E-state index in [4.69, 9.17) is 11.6 Å². The minimum absolute atomic E-state index is 0.0518. The van der Waals surface area contributed by atoms with Crippen LogP contribution in [0, 0.1) is 5.92 Å². The summed E-state index contributed by atoms with van der Waals surface area (Å²) in [4.78, 5) is 0. The largest absolute Gasteiger partial charge is 0.248 e. The van der Waals surface area contributed by atoms with Crippen LogP contribution in [0.5, 0.6) is 0 Å². The maximum Gasteiger partial charge on any atom is 0.248 e. The predicted octanol–water partition coefficient (Wildman–Crippen LogP) is 4.22. The van der Waals surface area contributed by atoms with Crippen molar-refractivity contribution in [2.45, 2.75) is 56.7 Å². The van der Waals surface area contributed by atoms with E-state index in [1.54, 1.807) is 0 Å². The Bertz CT molecular complexity index is 159. The molecule has 1 aliphatic carbocycles. The van der Waals surface area contributed by atoms with Gasteiger partial charge in [-0.05, 0) is 31.6 Å². The molecule has 0 aromatic carbocycles. The molecule has 0 heterocycles. The molecule has 0 aromatic rings. The second-order valence-electron chi connectivity index (χ2n) is 4.06. The molecule has 3 heteroatoms. The molecule has 0 amide bonds. The third kappa shape index (κ3) is 3.80. The fraction of sp³-hybridized carbons (Fsp3) is 1.00. The Balaban J connectivity index is 2.34. The Morgan fingerprint density at radius 2 is 2.23 bits per heavy atom. The van der Waals surface area contributed by atoms with Gasteiger partial charge in [0, 0.05) is 18.2 Å². The summed E-state index contributed by atoms with van der Waals surface area (Å²) in [6.07, 6.45) is 3.35. The Labute approximate surface area is 83.7 Å². The van der Waals surface area contributed by atoms with E-state index in [2.05, 4.69) is 0 Å². The molecule has 2 atom stereocenters. The highest BCUT2D eigenvalue weighted by Gasteiger charge is 2.36. The summed E-state index contributed by atoms with van der Waals surface area (Å²) in [6.45, 7) is 2.00. The summed E-state index contributed by atoms with van der Waals surface area (Å²) >= 11 is 5.95. The fourth-order valence-electron chi connectivity index (χ4n) is 2.01. The zero-order chi connectivity index (χ0) is 9.90. The molecule has 0 spiro atoms. The number of halogens is 3. The van der Waals surface area contributed by atoms with Crippen molar-refractivity contribution in [3.05, 3.63) is 0 Å². The van der Waals surface area contributed by atoms with Crippen LogP contribution in [0.2, 0.25) is 0 Å². The first-order valence-electron chi connectivity index (χ1n) is 5.05. The van der Waals surface area contributed by atoms with Gasteiger partial charge in [-0.15, -0.1) is 11.6 Å². The van der Waals surface area contributed by atoms with Gasteiger partial charge in [0.05, 0.1) is 0 Å². The van der Waals surface area contributed by atoms with E-state index in [0.29, 0.717) is 6.42 Å². The molecule has 0 aliphatic heterocycles. The molecule has 1 aliphatic rings. The lowest BCUT2D eigenvalue weighted by molar-refractivity contribution is -0.0535. The molecule has 1 saturated carbocycles. The van der Waals surface area contributed by atoms with Crippen LogP contribution in [-0.4, -0.2) is 11.3 Å². The van der Waals surface area contributed by atoms with Crippen molar-refractivity contribution in [3.63, 3.8) is 0 Å². The average Bonchev–Trinajstić information content (AvgIpc) is 2.02. The number of hydrogen-bond donors (Lipinski definition) is 0. The van der Waals surface area contributed by atoms with Crippen molar-refractivity contribution in [1.29, 1.82) is 0 Å². The first-order chi connectivity index (χ1) is 6.03. The lowest BCUT2D eigenvalue weighted by Gasteiger charge is -2.29. The number of alkyl halides is 3. The van der Waals surface area contributed by atoms with Crippen molar-refractivity contribution in [2.24, 2.45) is 5.92 Å². The van der Waals surface area contributed by atoms with Crippen molar-refractivity contribution in [1.82, 2.24) is 0 Å². The van der Waals surface area contributed by atoms with Gasteiger partial charge in [0.15, 0.2) is 0 Å². The predicted molar refractivity (Wildman–Crippen MR) is 51.5 cm³/mol. The van der Waals surface area contributed by atoms with Crippen LogP contribution in [0.15, 0.2) is 0 Å². The van der Waals surface area contributed by atoms with E-state index in [9.17, 15) is 8.78 Å². The molecular formula is C10H17ClF2. The molecular weight excluding hydrogens is 194 g/mol. The SMILES string of the molecule is CCC(Cl)CC1CCCC(F)(F)C1. The van der Waals surface area contributed by atoms with Crippen molar-refractivity contribution < 1.29 is 8.78 Å². The Kier molecular flexibility index (Phi) is 3.96. The molecule has 2 unspecified atom stereocenters. The first kappa shape index (κ1) is 11.2. The van der Waals surface area contributed by atoms with E-state index < -0.39 is 5.92 Å². The molecule has 0 aromatic heterocycles. The minimum Gasteiger partial charge on any atom is -0.207 e. The lowest BCUT2D eigenvalue weighted by atomic mass is 9.83. The van der Waals surface area contributed by atoms with Crippen LogP contribution in [0.3, 0.4) is 0 Å². The fourth-order valence-corrected chi connectivity index (χ4v) is 2.26. The lowest BCUT2D eigenvalue weighted by Crippen LogP contribution is -2.27. The monoisotopic (exact) mass is 210 g/mol. The highest BCUT2D eigenvalue weighted by atomic mass is 35.5. The third-order valence-corrected chi connectivity index (χ3v) is 3.26. The normalized spacial score (nSPS) is 30.0. The minimum atomic E-state index is -2.42. The maximum atomic E-state index is 13.0. The summed E-state index contributed by atoms with van der Waals surface area (Å²) in [5.41, 5.74) is 0. The van der Waals surface area contributed by atoms with Crippen LogP contribution < -0.4 is 0 Å². The molecule has 0 saturated heterocycles. The Morgan fingerprint density at radius 1 is 1.54 bits per heavy atom. The van der Waals surface area contributed by atoms with Crippen molar-refractivity contribution in [3.8, 4) is 0 Å². The Morgan fingerprint density at radius 3 is 2.77 bits per heavy atom. The smallest absolute Gasteiger partial charge is 0.207 e. The molecule has 0 N–H and O–H groups in total. The molecule has 78 valence electrons. The van der Waals surface area contributed by atoms with Gasteiger partial charge >= 0.3 is 0 Å². The molecule has 1 rings (SSSR count). The van der Waals surface area contributed by atoms with Gasteiger partial charge in [0.2, 0.25) is 5.92 Å². The van der Waals surface area contributed by atoms with Gasteiger partial charge in [-0.2, -0.15) is 0 Å². The van der Waals surface area contributed by atoms with Gasteiger partial charge < -0.3 is 0 Å². The standard InChI is InChI=1S/C10H17ClF2/c1-2-9(11)6-8-4-3-5-10(12,13)7-8/h8-9H,2-7H2,1H3. The van der Waals surface area contributed by atoms with Crippen LogP contribution in [0.1, 0.15) is 45.4 Å². The van der Waals surface area contributed by atoms with E-state index in [0.717, 1.165) is 19.3 Å². The summed E-state index contributed by atoms with van der Waals surface area (Å²) < 4.78 is 25.9. The molecule has 0 nitrogen and oxygen atoms in total. The van der Waals surface area contributed by atoms with E-state index in [1.807, 2.05) is 6.92 Å². The zero-order valence-corrected chi connectivity index (χ0v) is 8.79. The van der Waals surface area contributed by atoms with Gasteiger partial charge in [-0.25, -0.2) is 8.78 Å². The second-order valence-corrected chi connectivity index (χ2v) is 4.68. The Hall–Kier alpha value is 0.150. The average molecular weight is 211 g/mol. The van der Waals surface area contributed by atoms with Crippen molar-refractivity contribution >= 4 is 11.6 Å². The van der Waals surface area contributed by atoms with E-state index >= 15 is 0 Å². The highest BCUT2D eigenvalue weighted by Crippen LogP contribution is 2.39. The summed E-state index contributed by atoms with van der Waals surface area (Å²) in [7, 11) is 0. The summed E-state index contributed by atoms with van der Waals surface area (Å²) in [6, 6.07) is 0. The number of hydrogen-bond acceptors (Lipinski definition) is 0. The van der Waals surface area contributed by atoms with Crippen LogP contribution in [-0.2, 0) is 0 Å². The summed E-state index contributed by atoms with van der Waals surface area (Å²) in [5.74, 6) is -2.28.